The molecule has 9 heteroatoms. The zero-order valence-corrected chi connectivity index (χ0v) is 17.3. The van der Waals surface area contributed by atoms with E-state index in [1.165, 1.54) is 11.3 Å². The fraction of sp³-hybridized carbons (Fsp3) is 0.688. The number of carbonyl (C=O) groups excluding carboxylic acids is 2. The highest BCUT2D eigenvalue weighted by molar-refractivity contribution is 7.13. The number of nitrogens with one attached hydrogen (secondary N) is 1. The van der Waals surface area contributed by atoms with Gasteiger partial charge in [0.15, 0.2) is 5.13 Å². The van der Waals surface area contributed by atoms with Gasteiger partial charge in [0.25, 0.3) is 0 Å². The third-order valence-electron chi connectivity index (χ3n) is 4.21. The highest BCUT2D eigenvalue weighted by atomic mass is 35.5. The molecule has 2 rings (SSSR count). The molecule has 2 heterocycles. The Morgan fingerprint density at radius 2 is 2.12 bits per heavy atom. The van der Waals surface area contributed by atoms with Crippen LogP contribution < -0.4 is 11.1 Å². The molecule has 2 unspecified atom stereocenters. The third-order valence-corrected chi connectivity index (χ3v) is 5.02. The van der Waals surface area contributed by atoms with Crippen molar-refractivity contribution in [3.63, 3.8) is 0 Å². The van der Waals surface area contributed by atoms with Crippen molar-refractivity contribution in [2.24, 2.45) is 17.6 Å². The molecule has 1 aliphatic rings. The van der Waals surface area contributed by atoms with Gasteiger partial charge in [0, 0.05) is 30.4 Å². The van der Waals surface area contributed by atoms with Crippen LogP contribution in [0.25, 0.3) is 0 Å². The van der Waals surface area contributed by atoms with Crippen molar-refractivity contribution in [1.82, 2.24) is 9.88 Å². The van der Waals surface area contributed by atoms with Crippen molar-refractivity contribution in [2.45, 2.75) is 46.1 Å². The summed E-state index contributed by atoms with van der Waals surface area (Å²) >= 11 is 1.35. The number of nitrogens with two attached hydrogens (primary N) is 1. The van der Waals surface area contributed by atoms with E-state index in [0.29, 0.717) is 23.3 Å². The highest BCUT2D eigenvalue weighted by Gasteiger charge is 2.29. The maximum Gasteiger partial charge on any atom is 0.228 e. The lowest BCUT2D eigenvalue weighted by Gasteiger charge is -2.38. The fourth-order valence-electron chi connectivity index (χ4n) is 2.76. The third kappa shape index (κ3) is 6.73. The number of aromatic nitrogens is 1. The quantitative estimate of drug-likeness (QED) is 0.780. The van der Waals surface area contributed by atoms with E-state index >= 15 is 0 Å². The molecule has 0 bridgehead atoms. The topological polar surface area (TPSA) is 88.3 Å². The van der Waals surface area contributed by atoms with Crippen molar-refractivity contribution >= 4 is 53.1 Å². The predicted octanol–water partition coefficient (Wildman–Crippen LogP) is 2.71. The Morgan fingerprint density at radius 1 is 1.44 bits per heavy atom. The van der Waals surface area contributed by atoms with Crippen molar-refractivity contribution in [2.75, 3.05) is 18.4 Å². The number of amides is 2. The Kier molecular flexibility index (Phi) is 10.6. The number of hydrogen-bond donors (Lipinski definition) is 2. The highest BCUT2D eigenvalue weighted by Crippen LogP contribution is 2.23. The largest absolute Gasteiger partial charge is 0.338 e. The monoisotopic (exact) mass is 410 g/mol. The van der Waals surface area contributed by atoms with Crippen molar-refractivity contribution in [1.29, 1.82) is 0 Å². The number of piperidine rings is 1. The van der Waals surface area contributed by atoms with Crippen LogP contribution in [0, 0.1) is 11.8 Å². The van der Waals surface area contributed by atoms with Crippen LogP contribution >= 0.6 is 36.2 Å². The molecule has 3 N–H and O–H groups in total. The van der Waals surface area contributed by atoms with Crippen molar-refractivity contribution < 1.29 is 9.59 Å². The zero-order chi connectivity index (χ0) is 17.0. The average molecular weight is 411 g/mol. The first-order valence-electron chi connectivity index (χ1n) is 8.15. The van der Waals surface area contributed by atoms with Crippen LogP contribution in [0.1, 0.15) is 39.3 Å². The lowest BCUT2D eigenvalue weighted by atomic mass is 9.92. The van der Waals surface area contributed by atoms with Gasteiger partial charge in [0.2, 0.25) is 11.8 Å². The standard InChI is InChI=1S/C16H26N4O2S.2ClH/c1-10(2)15(22)19-16-18-12(9-23-16)7-14(21)20-5-4-11(3)6-13(20)8-17;;/h9-11,13H,4-8,17H2,1-3H3,(H,18,19,22);2*1H. The van der Waals surface area contributed by atoms with E-state index in [1.807, 2.05) is 24.1 Å². The molecule has 2 atom stereocenters. The summed E-state index contributed by atoms with van der Waals surface area (Å²) in [5, 5.41) is 5.15. The van der Waals surface area contributed by atoms with Crippen molar-refractivity contribution in [3.8, 4) is 0 Å². The molecule has 1 aromatic rings. The van der Waals surface area contributed by atoms with Gasteiger partial charge in [-0.3, -0.25) is 9.59 Å². The Hall–Kier alpha value is -0.890. The summed E-state index contributed by atoms with van der Waals surface area (Å²) in [5.74, 6) is 0.527. The minimum Gasteiger partial charge on any atom is -0.338 e. The number of likely N-dealkylation sites (tertiary alicyclic amines) is 1. The number of rotatable bonds is 5. The first-order valence-corrected chi connectivity index (χ1v) is 9.03. The van der Waals surface area contributed by atoms with Gasteiger partial charge in [-0.1, -0.05) is 20.8 Å². The van der Waals surface area contributed by atoms with Gasteiger partial charge in [-0.15, -0.1) is 36.2 Å². The van der Waals surface area contributed by atoms with Crippen LogP contribution in [0.2, 0.25) is 0 Å². The molecule has 1 saturated heterocycles. The number of hydrogen-bond acceptors (Lipinski definition) is 5. The Bertz CT molecular complexity index is 568. The molecule has 1 aliphatic heterocycles. The molecule has 0 aromatic carbocycles. The van der Waals surface area contributed by atoms with E-state index in [2.05, 4.69) is 17.2 Å². The van der Waals surface area contributed by atoms with Crippen LogP contribution in [0.15, 0.2) is 5.38 Å². The lowest BCUT2D eigenvalue weighted by molar-refractivity contribution is -0.134. The van der Waals surface area contributed by atoms with Crippen LogP contribution in [0.5, 0.6) is 0 Å². The summed E-state index contributed by atoms with van der Waals surface area (Å²) in [6.45, 7) is 7.13. The van der Waals surface area contributed by atoms with Crippen LogP contribution in [0.3, 0.4) is 0 Å². The second-order valence-corrected chi connectivity index (χ2v) is 7.43. The molecule has 1 fully saturated rings. The van der Waals surface area contributed by atoms with E-state index < -0.39 is 0 Å². The fourth-order valence-corrected chi connectivity index (χ4v) is 3.47. The van der Waals surface area contributed by atoms with Gasteiger partial charge in [0.1, 0.15) is 0 Å². The number of thiazole rings is 1. The van der Waals surface area contributed by atoms with E-state index in [9.17, 15) is 9.59 Å². The first kappa shape index (κ1) is 24.1. The van der Waals surface area contributed by atoms with Gasteiger partial charge in [0.05, 0.1) is 12.1 Å². The number of carbonyl (C=O) groups is 2. The Labute approximate surface area is 165 Å². The van der Waals surface area contributed by atoms with Crippen molar-refractivity contribution in [3.05, 3.63) is 11.1 Å². The molecule has 0 aliphatic carbocycles. The molecule has 2 amide bonds. The molecule has 6 nitrogen and oxygen atoms in total. The Balaban J connectivity index is 0.00000288. The van der Waals surface area contributed by atoms with E-state index in [4.69, 9.17) is 5.73 Å². The molecule has 1 aromatic heterocycles. The second-order valence-electron chi connectivity index (χ2n) is 6.57. The predicted molar refractivity (Wildman–Crippen MR) is 107 cm³/mol. The Morgan fingerprint density at radius 3 is 2.72 bits per heavy atom. The maximum absolute atomic E-state index is 12.5. The minimum absolute atomic E-state index is 0. The molecule has 0 radical (unpaired) electrons. The van der Waals surface area contributed by atoms with Crippen LogP contribution in [-0.2, 0) is 16.0 Å². The number of nitrogens with zero attached hydrogens (tertiary/aromatic N) is 2. The summed E-state index contributed by atoms with van der Waals surface area (Å²) in [5.41, 5.74) is 6.52. The molecule has 0 spiro atoms. The molecular formula is C16H28Cl2N4O2S. The van der Waals surface area contributed by atoms with Crippen LogP contribution in [0.4, 0.5) is 5.13 Å². The van der Waals surface area contributed by atoms with Gasteiger partial charge in [-0.2, -0.15) is 0 Å². The van der Waals surface area contributed by atoms with Crippen LogP contribution in [-0.4, -0.2) is 40.8 Å². The van der Waals surface area contributed by atoms with Gasteiger partial charge in [-0.05, 0) is 18.8 Å². The summed E-state index contributed by atoms with van der Waals surface area (Å²) in [6.07, 6.45) is 2.25. The smallest absolute Gasteiger partial charge is 0.228 e. The zero-order valence-electron chi connectivity index (χ0n) is 14.9. The summed E-state index contributed by atoms with van der Waals surface area (Å²) in [4.78, 5) is 30.4. The van der Waals surface area contributed by atoms with E-state index in [-0.39, 0.29) is 55.0 Å². The summed E-state index contributed by atoms with van der Waals surface area (Å²) < 4.78 is 0. The number of anilines is 1. The average Bonchev–Trinajstić information content (AvgIpc) is 2.93. The van der Waals surface area contributed by atoms with Gasteiger partial charge < -0.3 is 16.0 Å². The SMILES string of the molecule is CC1CCN(C(=O)Cc2csc(NC(=O)C(C)C)n2)C(CN)C1.Cl.Cl. The van der Waals surface area contributed by atoms with E-state index in [1.54, 1.807) is 0 Å². The molecule has 25 heavy (non-hydrogen) atoms. The molecule has 0 saturated carbocycles. The summed E-state index contributed by atoms with van der Waals surface area (Å²) in [6, 6.07) is 0.130. The molecular weight excluding hydrogens is 383 g/mol. The maximum atomic E-state index is 12.5. The second kappa shape index (κ2) is 11.0. The lowest BCUT2D eigenvalue weighted by Crippen LogP contribution is -2.49. The minimum atomic E-state index is -0.0929. The van der Waals surface area contributed by atoms with E-state index in [0.717, 1.165) is 19.4 Å². The van der Waals surface area contributed by atoms with Gasteiger partial charge in [-0.25, -0.2) is 4.98 Å². The first-order chi connectivity index (χ1) is 10.9. The normalized spacial score (nSPS) is 19.8. The number of halogens is 2. The summed E-state index contributed by atoms with van der Waals surface area (Å²) in [7, 11) is 0. The molecule has 144 valence electrons. The van der Waals surface area contributed by atoms with Gasteiger partial charge >= 0.3 is 0 Å².